The van der Waals surface area contributed by atoms with Crippen molar-refractivity contribution in [1.82, 2.24) is 24.2 Å². The quantitative estimate of drug-likeness (QED) is 0.0176. The molecule has 2 fully saturated rings. The van der Waals surface area contributed by atoms with Crippen molar-refractivity contribution in [2.45, 2.75) is 108 Å². The minimum atomic E-state index is -4.61. The number of nitrogen functional groups attached to an aromatic ring is 1. The highest BCUT2D eigenvalue weighted by molar-refractivity contribution is 7.48. The minimum absolute atomic E-state index is 0.00185. The maximum atomic E-state index is 15.0. The third-order valence-corrected chi connectivity index (χ3v) is 16.2. The average molecular weight is 1090 g/mol. The van der Waals surface area contributed by atoms with E-state index in [1.165, 1.54) is 24.2 Å². The van der Waals surface area contributed by atoms with Gasteiger partial charge in [-0.3, -0.25) is 32.7 Å². The van der Waals surface area contributed by atoms with Crippen molar-refractivity contribution in [2.75, 3.05) is 57.5 Å². The maximum absolute atomic E-state index is 15.0. The Morgan fingerprint density at radius 2 is 1.55 bits per heavy atom. The number of benzene rings is 3. The molecule has 4 heterocycles. The Hall–Kier alpha value is -6.12. The second-order valence-electron chi connectivity index (χ2n) is 18.2. The fraction of sp³-hybridized carbons (Fsp3) is 0.451. The number of anilines is 3. The van der Waals surface area contributed by atoms with Gasteiger partial charge < -0.3 is 49.1 Å². The number of amides is 1. The summed E-state index contributed by atoms with van der Waals surface area (Å²) < 4.78 is 80.9. The zero-order valence-electron chi connectivity index (χ0n) is 43.5. The number of phosphoric acid groups is 1. The van der Waals surface area contributed by atoms with Crippen molar-refractivity contribution in [3.05, 3.63) is 134 Å². The van der Waals surface area contributed by atoms with E-state index in [-0.39, 0.29) is 67.4 Å². The molecule has 23 nitrogen and oxygen atoms in total. The summed E-state index contributed by atoms with van der Waals surface area (Å²) in [7, 11) is -2.10. The highest BCUT2D eigenvalue weighted by Gasteiger charge is 2.48. The predicted octanol–water partition coefficient (Wildman–Crippen LogP) is 7.14. The molecule has 25 heteroatoms. The summed E-state index contributed by atoms with van der Waals surface area (Å²) >= 11 is 0. The standard InChI is InChI=1S/C51H65N9O14P2/c1-32(2)60(33(3)4)75(69-24-12-23-52)73-40-25-44(57-48-46(56-31-61)47(53)54-30-55-48)71-43(40)29-70-76(64,67-8)74-41-26-45(59-27-34(5)49(62)58-50(59)63)72-42(41)28-68-51(35-13-10-9-11-14-35,36-15-19-38(65-6)20-16-36)37-17-21-39(66-7)22-18-37/h9-11,13-22,27,30-33,40-45H,12,24-26,28-29H2,1-8H3,(H,56,61)(H,58,62,63)(H3,53,54,55,57)/t40-,41-,42+,43+,44?,45+,75?,76?/m0/s1. The van der Waals surface area contributed by atoms with Gasteiger partial charge in [-0.05, 0) is 75.6 Å². The van der Waals surface area contributed by atoms with E-state index in [0.717, 1.165) is 16.7 Å². The summed E-state index contributed by atoms with van der Waals surface area (Å²) in [6.07, 6.45) is -2.67. The Kier molecular flexibility index (Phi) is 19.9. The molecular weight excluding hydrogens is 1020 g/mol. The first-order valence-electron chi connectivity index (χ1n) is 24.5. The number of hydrogen-bond acceptors (Lipinski definition) is 20. The van der Waals surface area contributed by atoms with Crippen molar-refractivity contribution in [3.8, 4) is 17.6 Å². The van der Waals surface area contributed by atoms with Crippen molar-refractivity contribution < 1.29 is 55.7 Å². The fourth-order valence-corrected chi connectivity index (χ4v) is 11.9. The molecule has 3 aromatic carbocycles. The number of methoxy groups -OCH3 is 2. The number of aryl methyl sites for hydroxylation is 1. The van der Waals surface area contributed by atoms with Crippen molar-refractivity contribution in [1.29, 1.82) is 5.26 Å². The zero-order chi connectivity index (χ0) is 54.6. The number of aromatic nitrogens is 4. The van der Waals surface area contributed by atoms with Crippen LogP contribution >= 0.6 is 16.3 Å². The van der Waals surface area contributed by atoms with Crippen LogP contribution in [0.5, 0.6) is 11.5 Å². The molecule has 2 aliphatic heterocycles. The molecule has 0 radical (unpaired) electrons. The summed E-state index contributed by atoms with van der Waals surface area (Å²) in [6.45, 7) is 9.00. The second-order valence-corrected chi connectivity index (χ2v) is 21.3. The minimum Gasteiger partial charge on any atom is -0.497 e. The molecular formula is C51H65N9O14P2. The van der Waals surface area contributed by atoms with Crippen LogP contribution in [0.4, 0.5) is 17.3 Å². The lowest BCUT2D eigenvalue weighted by Crippen LogP contribution is -2.38. The normalized spacial score (nSPS) is 20.8. The molecule has 0 aliphatic carbocycles. The Morgan fingerprint density at radius 3 is 2.14 bits per heavy atom. The van der Waals surface area contributed by atoms with Gasteiger partial charge in [-0.25, -0.2) is 24.0 Å². The summed E-state index contributed by atoms with van der Waals surface area (Å²) in [5, 5.41) is 15.1. The molecule has 2 aliphatic rings. The average Bonchev–Trinajstić information content (AvgIpc) is 4.00. The van der Waals surface area contributed by atoms with Gasteiger partial charge in [0.15, 0.2) is 11.6 Å². The van der Waals surface area contributed by atoms with E-state index in [2.05, 4.69) is 36.3 Å². The van der Waals surface area contributed by atoms with Gasteiger partial charge in [0, 0.05) is 43.8 Å². The van der Waals surface area contributed by atoms with Crippen molar-refractivity contribution in [3.63, 3.8) is 0 Å². The number of nitrogens with two attached hydrogens (primary N) is 1. The molecule has 0 spiro atoms. The summed E-state index contributed by atoms with van der Waals surface area (Å²) in [5.41, 5.74) is 6.02. The lowest BCUT2D eigenvalue weighted by molar-refractivity contribution is -0.105. The number of nitriles is 1. The van der Waals surface area contributed by atoms with Gasteiger partial charge in [-0.15, -0.1) is 0 Å². The topological polar surface area (TPSA) is 284 Å². The first-order valence-corrected chi connectivity index (χ1v) is 27.1. The van der Waals surface area contributed by atoms with Crippen LogP contribution in [0, 0.1) is 18.3 Å². The molecule has 408 valence electrons. The lowest BCUT2D eigenvalue weighted by Gasteiger charge is -2.37. The van der Waals surface area contributed by atoms with Crippen LogP contribution in [0.2, 0.25) is 0 Å². The number of H-pyrrole nitrogens is 1. The molecule has 0 saturated carbocycles. The number of ether oxygens (including phenoxy) is 5. The van der Waals surface area contributed by atoms with Gasteiger partial charge in [0.1, 0.15) is 59.9 Å². The number of phosphoric ester groups is 1. The number of carbonyl (C=O) groups is 1. The molecule has 2 aromatic heterocycles. The van der Waals surface area contributed by atoms with Crippen LogP contribution in [0.15, 0.2) is 101 Å². The molecule has 1 amide bonds. The summed E-state index contributed by atoms with van der Waals surface area (Å²) in [4.78, 5) is 48.1. The van der Waals surface area contributed by atoms with Gasteiger partial charge in [-0.2, -0.15) is 5.26 Å². The Morgan fingerprint density at radius 1 is 0.921 bits per heavy atom. The Balaban J connectivity index is 1.22. The molecule has 3 unspecified atom stereocenters. The molecule has 5 N–H and O–H groups in total. The first kappa shape index (κ1) is 57.6. The Labute approximate surface area is 441 Å². The van der Waals surface area contributed by atoms with Crippen LogP contribution in [0.25, 0.3) is 0 Å². The molecule has 7 rings (SSSR count). The number of aromatic amines is 1. The van der Waals surface area contributed by atoms with Crippen molar-refractivity contribution in [2.24, 2.45) is 0 Å². The van der Waals surface area contributed by atoms with Crippen molar-refractivity contribution >= 4 is 40.1 Å². The molecule has 2 saturated heterocycles. The third kappa shape index (κ3) is 13.5. The van der Waals surface area contributed by atoms with Crippen LogP contribution in [-0.4, -0.2) is 114 Å². The predicted molar refractivity (Wildman–Crippen MR) is 281 cm³/mol. The molecule has 76 heavy (non-hydrogen) atoms. The molecule has 8 atom stereocenters. The SMILES string of the molecule is COc1ccc(C(OC[C@H]2O[C@@H](n3cc(C)c(=O)[nH]c3=O)C[C@@H]2OP(=O)(OC)OC[C@H]2OC(Nc3ncnc(N)c3NC=O)C[C@@H]2OP(OCCC#N)N(C(C)C)C(C)C)(c2ccccc2)c2ccc(OC)cc2)cc1. The largest absolute Gasteiger partial charge is 0.497 e. The number of hydrogen-bond donors (Lipinski definition) is 4. The van der Waals surface area contributed by atoms with E-state index < -0.39 is 76.7 Å². The number of nitrogens with one attached hydrogen (secondary N) is 3. The van der Waals surface area contributed by atoms with Crippen LogP contribution in [0.3, 0.4) is 0 Å². The number of carbonyl (C=O) groups excluding carboxylic acids is 1. The zero-order valence-corrected chi connectivity index (χ0v) is 45.3. The fourth-order valence-electron chi connectivity index (χ4n) is 9.01. The van der Waals surface area contributed by atoms with E-state index >= 15 is 4.57 Å². The smallest absolute Gasteiger partial charge is 0.474 e. The number of rotatable bonds is 27. The number of nitrogens with zero attached hydrogens (tertiary/aromatic N) is 5. The van der Waals surface area contributed by atoms with Gasteiger partial charge >= 0.3 is 13.5 Å². The Bertz CT molecular complexity index is 2850. The van der Waals surface area contributed by atoms with E-state index in [4.69, 9.17) is 52.0 Å². The highest BCUT2D eigenvalue weighted by Crippen LogP contribution is 2.55. The van der Waals surface area contributed by atoms with Gasteiger partial charge in [0.05, 0.1) is 52.6 Å². The first-order chi connectivity index (χ1) is 36.6. The van der Waals surface area contributed by atoms with Gasteiger partial charge in [0.25, 0.3) is 14.1 Å². The monoisotopic (exact) mass is 1090 g/mol. The van der Waals surface area contributed by atoms with E-state index in [1.807, 2.05) is 107 Å². The van der Waals surface area contributed by atoms with Crippen LogP contribution < -0.4 is 37.1 Å². The maximum Gasteiger partial charge on any atom is 0.474 e. The van der Waals surface area contributed by atoms with Gasteiger partial charge in [0.2, 0.25) is 6.41 Å². The molecule has 0 bridgehead atoms. The van der Waals surface area contributed by atoms with E-state index in [9.17, 15) is 19.6 Å². The van der Waals surface area contributed by atoms with Gasteiger partial charge in [-0.1, -0.05) is 54.6 Å². The van der Waals surface area contributed by atoms with E-state index in [0.29, 0.717) is 17.9 Å². The summed E-state index contributed by atoms with van der Waals surface area (Å²) in [6, 6.07) is 26.5. The second kappa shape index (κ2) is 26.3. The lowest BCUT2D eigenvalue weighted by atomic mass is 9.80. The van der Waals surface area contributed by atoms with Crippen LogP contribution in [0.1, 0.15) is 75.4 Å². The summed E-state index contributed by atoms with van der Waals surface area (Å²) in [5.74, 6) is 1.40. The van der Waals surface area contributed by atoms with E-state index in [1.54, 1.807) is 21.1 Å². The van der Waals surface area contributed by atoms with Crippen LogP contribution in [-0.2, 0) is 51.8 Å². The third-order valence-electron chi connectivity index (χ3n) is 12.6. The highest BCUT2D eigenvalue weighted by atomic mass is 31.2. The molecule has 5 aromatic rings.